The lowest BCUT2D eigenvalue weighted by molar-refractivity contribution is -0.387. The number of nitrogens with one attached hydrogen (secondary N) is 1. The van der Waals surface area contributed by atoms with Crippen LogP contribution in [0.15, 0.2) is 29.2 Å². The number of sulfonamides is 1. The summed E-state index contributed by atoms with van der Waals surface area (Å²) in [6, 6.07) is 3.27. The Hall–Kier alpha value is -2.00. The Balaban J connectivity index is 3.17. The van der Waals surface area contributed by atoms with E-state index in [0.717, 1.165) is 12.1 Å². The molecule has 1 aromatic carbocycles. The van der Waals surface area contributed by atoms with E-state index in [9.17, 15) is 28.4 Å². The first-order chi connectivity index (χ1) is 9.65. The molecule has 0 amide bonds. The lowest BCUT2D eigenvalue weighted by atomic mass is 10.1. The Morgan fingerprint density at radius 1 is 1.33 bits per heavy atom. The number of para-hydroxylation sites is 1. The van der Waals surface area contributed by atoms with Crippen LogP contribution in [0.25, 0.3) is 0 Å². The summed E-state index contributed by atoms with van der Waals surface area (Å²) in [4.78, 5) is 20.4. The summed E-state index contributed by atoms with van der Waals surface area (Å²) in [6.45, 7) is 3.43. The second-order valence-electron chi connectivity index (χ2n) is 4.85. The fourth-order valence-corrected chi connectivity index (χ4v) is 3.12. The molecule has 1 atom stereocenters. The lowest BCUT2D eigenvalue weighted by Gasteiger charge is -2.21. The number of carbonyl (C=O) groups excluding carboxylic acids is 1. The number of carbonyl (C=O) groups is 1. The van der Waals surface area contributed by atoms with Crippen molar-refractivity contribution < 1.29 is 23.2 Å². The Morgan fingerprint density at radius 2 is 1.90 bits per heavy atom. The number of carboxylic acids is 1. The summed E-state index contributed by atoms with van der Waals surface area (Å²) in [5, 5.41) is 21.8. The predicted molar refractivity (Wildman–Crippen MR) is 71.7 cm³/mol. The summed E-state index contributed by atoms with van der Waals surface area (Å²) in [7, 11) is -4.34. The summed E-state index contributed by atoms with van der Waals surface area (Å²) in [5.74, 6) is -1.67. The molecule has 0 fully saturated rings. The molecule has 0 unspecified atom stereocenters. The van der Waals surface area contributed by atoms with Crippen molar-refractivity contribution in [1.82, 2.24) is 4.72 Å². The first kappa shape index (κ1) is 17.1. The van der Waals surface area contributed by atoms with Gasteiger partial charge in [0.2, 0.25) is 10.0 Å². The van der Waals surface area contributed by atoms with Gasteiger partial charge < -0.3 is 9.90 Å². The van der Waals surface area contributed by atoms with Crippen LogP contribution >= 0.6 is 0 Å². The zero-order valence-corrected chi connectivity index (χ0v) is 12.3. The van der Waals surface area contributed by atoms with Crippen molar-refractivity contribution in [3.05, 3.63) is 34.4 Å². The van der Waals surface area contributed by atoms with E-state index in [2.05, 4.69) is 0 Å². The number of benzene rings is 1. The number of rotatable bonds is 7. The Kier molecular flexibility index (Phi) is 5.39. The summed E-state index contributed by atoms with van der Waals surface area (Å²) >= 11 is 0. The molecule has 0 bridgehead atoms. The zero-order valence-electron chi connectivity index (χ0n) is 11.5. The number of nitro groups is 1. The first-order valence-corrected chi connectivity index (χ1v) is 7.60. The minimum Gasteiger partial charge on any atom is -0.548 e. The van der Waals surface area contributed by atoms with Crippen LogP contribution in [-0.2, 0) is 14.8 Å². The monoisotopic (exact) mass is 315 g/mol. The summed E-state index contributed by atoms with van der Waals surface area (Å²) in [5.41, 5.74) is -0.619. The Bertz CT molecular complexity index is 641. The van der Waals surface area contributed by atoms with Gasteiger partial charge in [-0.3, -0.25) is 10.1 Å². The van der Waals surface area contributed by atoms with Gasteiger partial charge in [0.1, 0.15) is 0 Å². The van der Waals surface area contributed by atoms with Gasteiger partial charge in [0.15, 0.2) is 4.90 Å². The fourth-order valence-electron chi connectivity index (χ4n) is 1.75. The van der Waals surface area contributed by atoms with Gasteiger partial charge in [0.25, 0.3) is 5.69 Å². The smallest absolute Gasteiger partial charge is 0.289 e. The molecule has 0 heterocycles. The second kappa shape index (κ2) is 6.64. The third kappa shape index (κ3) is 4.50. The highest BCUT2D eigenvalue weighted by Crippen LogP contribution is 2.23. The molecule has 0 aromatic heterocycles. The molecule has 8 nitrogen and oxygen atoms in total. The minimum absolute atomic E-state index is 0.0161. The highest BCUT2D eigenvalue weighted by Gasteiger charge is 2.28. The maximum Gasteiger partial charge on any atom is 0.289 e. The van der Waals surface area contributed by atoms with Crippen molar-refractivity contribution in [2.75, 3.05) is 0 Å². The van der Waals surface area contributed by atoms with Crippen LogP contribution in [0.5, 0.6) is 0 Å². The van der Waals surface area contributed by atoms with Crippen LogP contribution in [0, 0.1) is 16.0 Å². The van der Waals surface area contributed by atoms with E-state index in [1.807, 2.05) is 4.72 Å². The van der Waals surface area contributed by atoms with Crippen molar-refractivity contribution in [3.8, 4) is 0 Å². The van der Waals surface area contributed by atoms with E-state index < -0.39 is 37.5 Å². The van der Waals surface area contributed by atoms with Gasteiger partial charge in [-0.25, -0.2) is 13.1 Å². The van der Waals surface area contributed by atoms with Gasteiger partial charge in [-0.2, -0.15) is 0 Å². The molecule has 0 saturated carbocycles. The molecule has 0 radical (unpaired) electrons. The Labute approximate surface area is 122 Å². The highest BCUT2D eigenvalue weighted by atomic mass is 32.2. The van der Waals surface area contributed by atoms with E-state index in [0.29, 0.717) is 0 Å². The summed E-state index contributed by atoms with van der Waals surface area (Å²) in [6.07, 6.45) is 0.0161. The van der Waals surface area contributed by atoms with Crippen LogP contribution in [0.2, 0.25) is 0 Å². The quantitative estimate of drug-likeness (QED) is 0.558. The fraction of sp³-hybridized carbons (Fsp3) is 0.417. The Morgan fingerprint density at radius 3 is 2.38 bits per heavy atom. The predicted octanol–water partition coefficient (Wildman–Crippen LogP) is 0.0377. The number of nitrogens with zero attached hydrogens (tertiary/aromatic N) is 1. The molecular weight excluding hydrogens is 300 g/mol. The maximum atomic E-state index is 12.1. The van der Waals surface area contributed by atoms with Gasteiger partial charge >= 0.3 is 0 Å². The third-order valence-corrected chi connectivity index (χ3v) is 4.16. The molecule has 0 aliphatic rings. The first-order valence-electron chi connectivity index (χ1n) is 6.11. The number of nitro benzene ring substituents is 1. The van der Waals surface area contributed by atoms with Crippen molar-refractivity contribution in [2.24, 2.45) is 5.92 Å². The van der Waals surface area contributed by atoms with E-state index in [4.69, 9.17) is 0 Å². The number of carboxylic acid groups (broad SMARTS) is 1. The summed E-state index contributed by atoms with van der Waals surface area (Å²) < 4.78 is 26.2. The second-order valence-corrected chi connectivity index (χ2v) is 6.53. The van der Waals surface area contributed by atoms with Gasteiger partial charge in [-0.1, -0.05) is 26.0 Å². The largest absolute Gasteiger partial charge is 0.548 e. The number of hydrogen-bond donors (Lipinski definition) is 1. The van der Waals surface area contributed by atoms with Gasteiger partial charge in [-0.15, -0.1) is 0 Å². The average Bonchev–Trinajstić information content (AvgIpc) is 2.37. The lowest BCUT2D eigenvalue weighted by Crippen LogP contribution is -2.48. The van der Waals surface area contributed by atoms with Crippen LogP contribution < -0.4 is 9.83 Å². The van der Waals surface area contributed by atoms with Gasteiger partial charge in [0, 0.05) is 6.07 Å². The molecule has 21 heavy (non-hydrogen) atoms. The molecule has 1 N–H and O–H groups in total. The average molecular weight is 315 g/mol. The molecule has 0 spiro atoms. The van der Waals surface area contributed by atoms with Crippen LogP contribution in [0.4, 0.5) is 5.69 Å². The normalized spacial score (nSPS) is 13.1. The molecule has 9 heteroatoms. The van der Waals surface area contributed by atoms with E-state index in [1.54, 1.807) is 13.8 Å². The van der Waals surface area contributed by atoms with Crippen LogP contribution in [0.1, 0.15) is 20.3 Å². The van der Waals surface area contributed by atoms with E-state index in [-0.39, 0.29) is 12.3 Å². The molecular formula is C12H15N2O6S-. The topological polar surface area (TPSA) is 129 Å². The maximum absolute atomic E-state index is 12.1. The molecule has 0 aliphatic heterocycles. The number of aliphatic carboxylic acids is 1. The standard InChI is InChI=1S/C12H16N2O6S/c1-8(2)7-9(12(15)16)13-21(19,20)11-6-4-3-5-10(11)14(17)18/h3-6,8-9,13H,7H2,1-2H3,(H,15,16)/p-1/t9-/m1/s1. The van der Waals surface area contributed by atoms with E-state index in [1.165, 1.54) is 12.1 Å². The third-order valence-electron chi connectivity index (χ3n) is 2.64. The molecule has 0 saturated heterocycles. The van der Waals surface area contributed by atoms with Crippen LogP contribution in [-0.4, -0.2) is 25.4 Å². The minimum atomic E-state index is -4.34. The van der Waals surface area contributed by atoms with Crippen molar-refractivity contribution in [1.29, 1.82) is 0 Å². The van der Waals surface area contributed by atoms with Crippen molar-refractivity contribution >= 4 is 21.7 Å². The van der Waals surface area contributed by atoms with E-state index >= 15 is 0 Å². The number of hydrogen-bond acceptors (Lipinski definition) is 6. The molecule has 1 rings (SSSR count). The van der Waals surface area contributed by atoms with Crippen LogP contribution in [0.3, 0.4) is 0 Å². The zero-order chi connectivity index (χ0) is 16.2. The molecule has 1 aromatic rings. The SMILES string of the molecule is CC(C)C[C@@H](NS(=O)(=O)c1ccccc1[N+](=O)[O-])C(=O)[O-]. The van der Waals surface area contributed by atoms with Crippen molar-refractivity contribution in [3.63, 3.8) is 0 Å². The van der Waals surface area contributed by atoms with Gasteiger partial charge in [-0.05, 0) is 18.4 Å². The van der Waals surface area contributed by atoms with Gasteiger partial charge in [0.05, 0.1) is 16.9 Å². The van der Waals surface area contributed by atoms with Crippen molar-refractivity contribution in [2.45, 2.75) is 31.2 Å². The molecule has 116 valence electrons. The molecule has 0 aliphatic carbocycles. The highest BCUT2D eigenvalue weighted by molar-refractivity contribution is 7.89.